The Morgan fingerprint density at radius 1 is 0.833 bits per heavy atom. The van der Waals surface area contributed by atoms with Crippen LogP contribution in [0.5, 0.6) is 0 Å². The molecule has 0 aromatic rings. The smallest absolute Gasteiger partial charge is 0.300 e. The average molecular weight is 312 g/mol. The minimum Gasteiger partial charge on any atom is -0.300 e. The summed E-state index contributed by atoms with van der Waals surface area (Å²) in [6.45, 7) is 3.83. The second-order valence-electron chi connectivity index (χ2n) is 2.48. The molecular formula is C4H12N2O10S2. The van der Waals surface area contributed by atoms with Gasteiger partial charge in [0, 0.05) is 13.1 Å². The molecule has 2 aliphatic heterocycles. The van der Waals surface area contributed by atoms with Crippen molar-refractivity contribution in [3.63, 3.8) is 0 Å². The summed E-state index contributed by atoms with van der Waals surface area (Å²) in [5, 5.41) is 0. The molecule has 0 aromatic heterocycles. The zero-order valence-corrected chi connectivity index (χ0v) is 10.4. The molecule has 0 radical (unpaired) electrons. The van der Waals surface area contributed by atoms with E-state index < -0.39 is 20.8 Å². The van der Waals surface area contributed by atoms with Crippen LogP contribution in [0, 0.1) is 0 Å². The molecule has 0 atom stereocenters. The molecule has 2 saturated heterocycles. The largest absolute Gasteiger partial charge is 0.425 e. The third-order valence-corrected chi connectivity index (χ3v) is 1.58. The summed E-state index contributed by atoms with van der Waals surface area (Å²) < 4.78 is 58.9. The minimum absolute atomic E-state index is 0.889. The predicted molar refractivity (Wildman–Crippen MR) is 53.2 cm³/mol. The standard InChI is InChI=1S/2C2H5NO.H2O8S2/c2*1-2-4-3-1;1-9(2,3)7-8-10(4,5)6/h2*3H,1-2H2;(H,1,2,3)(H,4,5,6). The summed E-state index contributed by atoms with van der Waals surface area (Å²) in [6, 6.07) is 0. The highest BCUT2D eigenvalue weighted by Gasteiger charge is 2.13. The maximum atomic E-state index is 9.51. The van der Waals surface area contributed by atoms with Crippen LogP contribution >= 0.6 is 0 Å². The number of hydrogen-bond donors (Lipinski definition) is 4. The van der Waals surface area contributed by atoms with E-state index in [1.165, 1.54) is 0 Å². The van der Waals surface area contributed by atoms with E-state index in [1.807, 2.05) is 0 Å². The van der Waals surface area contributed by atoms with E-state index in [-0.39, 0.29) is 0 Å². The first kappa shape index (κ1) is 17.6. The van der Waals surface area contributed by atoms with Crippen molar-refractivity contribution in [1.29, 1.82) is 0 Å². The normalized spacial score (nSPS) is 18.1. The maximum absolute atomic E-state index is 9.51. The van der Waals surface area contributed by atoms with Gasteiger partial charge in [-0.25, -0.2) is 11.0 Å². The lowest BCUT2D eigenvalue weighted by Crippen LogP contribution is -2.32. The summed E-state index contributed by atoms with van der Waals surface area (Å²) in [4.78, 5) is 8.94. The van der Waals surface area contributed by atoms with Gasteiger partial charge in [-0.05, 0) is 0 Å². The van der Waals surface area contributed by atoms with Crippen LogP contribution in [0.25, 0.3) is 0 Å². The number of nitrogens with one attached hydrogen (secondary N) is 2. The summed E-state index contributed by atoms with van der Waals surface area (Å²) >= 11 is 0. The summed E-state index contributed by atoms with van der Waals surface area (Å²) in [7, 11) is -10.0. The van der Waals surface area contributed by atoms with E-state index in [2.05, 4.69) is 29.3 Å². The first-order chi connectivity index (χ1) is 8.21. The van der Waals surface area contributed by atoms with E-state index in [4.69, 9.17) is 9.11 Å². The number of hydroxylamine groups is 2. The Hall–Kier alpha value is -0.420. The first-order valence-electron chi connectivity index (χ1n) is 4.22. The third-order valence-electron chi connectivity index (χ3n) is 1.02. The van der Waals surface area contributed by atoms with E-state index in [0.717, 1.165) is 26.3 Å². The van der Waals surface area contributed by atoms with Crippen LogP contribution < -0.4 is 11.0 Å². The Morgan fingerprint density at radius 2 is 1.00 bits per heavy atom. The summed E-state index contributed by atoms with van der Waals surface area (Å²) in [5.41, 5.74) is 5.22. The molecule has 2 rings (SSSR count). The van der Waals surface area contributed by atoms with Gasteiger partial charge in [0.1, 0.15) is 0 Å². The molecule has 4 N–H and O–H groups in total. The average Bonchev–Trinajstić information content (AvgIpc) is 1.90. The molecule has 14 heteroatoms. The number of hydrogen-bond acceptors (Lipinski definition) is 10. The van der Waals surface area contributed by atoms with Crippen molar-refractivity contribution in [3.8, 4) is 0 Å². The highest BCUT2D eigenvalue weighted by Crippen LogP contribution is 1.92. The molecule has 0 bridgehead atoms. The van der Waals surface area contributed by atoms with Crippen molar-refractivity contribution in [2.75, 3.05) is 26.3 Å². The van der Waals surface area contributed by atoms with E-state index >= 15 is 0 Å². The third kappa shape index (κ3) is 15.6. The van der Waals surface area contributed by atoms with Gasteiger partial charge in [-0.15, -0.1) is 0 Å². The van der Waals surface area contributed by atoms with E-state index in [9.17, 15) is 16.8 Å². The Labute approximate surface area is 103 Å². The highest BCUT2D eigenvalue weighted by molar-refractivity contribution is 7.83. The van der Waals surface area contributed by atoms with Gasteiger partial charge >= 0.3 is 20.8 Å². The molecule has 0 amide bonds. The molecule has 2 heterocycles. The van der Waals surface area contributed by atoms with Crippen LogP contribution in [0.4, 0.5) is 0 Å². The minimum atomic E-state index is -5.02. The van der Waals surface area contributed by atoms with Crippen molar-refractivity contribution >= 4 is 20.8 Å². The van der Waals surface area contributed by atoms with Crippen molar-refractivity contribution in [2.45, 2.75) is 0 Å². The van der Waals surface area contributed by atoms with Gasteiger partial charge in [-0.3, -0.25) is 9.11 Å². The topological polar surface area (TPSA) is 170 Å². The zero-order chi connectivity index (χ0) is 14.1. The molecule has 2 aliphatic rings. The van der Waals surface area contributed by atoms with E-state index in [0.29, 0.717) is 0 Å². The maximum Gasteiger partial charge on any atom is 0.425 e. The van der Waals surface area contributed by atoms with Crippen molar-refractivity contribution < 1.29 is 44.3 Å². The molecule has 0 saturated carbocycles. The van der Waals surface area contributed by atoms with Gasteiger partial charge in [0.25, 0.3) is 0 Å². The van der Waals surface area contributed by atoms with Gasteiger partial charge in [-0.2, -0.15) is 16.8 Å². The fourth-order valence-corrected chi connectivity index (χ4v) is 0.836. The van der Waals surface area contributed by atoms with Gasteiger partial charge in [0.05, 0.1) is 13.2 Å². The van der Waals surface area contributed by atoms with Crippen LogP contribution in [-0.2, 0) is 39.1 Å². The van der Waals surface area contributed by atoms with Crippen LogP contribution in [0.2, 0.25) is 0 Å². The predicted octanol–water partition coefficient (Wildman–Crippen LogP) is -2.42. The molecule has 18 heavy (non-hydrogen) atoms. The van der Waals surface area contributed by atoms with Gasteiger partial charge < -0.3 is 9.68 Å². The van der Waals surface area contributed by atoms with Crippen LogP contribution in [0.3, 0.4) is 0 Å². The van der Waals surface area contributed by atoms with Crippen molar-refractivity contribution in [3.05, 3.63) is 0 Å². The first-order valence-corrected chi connectivity index (χ1v) is 6.95. The lowest BCUT2D eigenvalue weighted by Gasteiger charge is -2.10. The van der Waals surface area contributed by atoms with Gasteiger partial charge in [0.2, 0.25) is 0 Å². The van der Waals surface area contributed by atoms with E-state index in [1.54, 1.807) is 0 Å². The fraction of sp³-hybridized carbons (Fsp3) is 1.00. The Morgan fingerprint density at radius 3 is 1.06 bits per heavy atom. The Kier molecular flexibility index (Phi) is 8.44. The Bertz CT molecular complexity index is 348. The molecule has 110 valence electrons. The monoisotopic (exact) mass is 312 g/mol. The summed E-state index contributed by atoms with van der Waals surface area (Å²) in [6.07, 6.45) is 0. The summed E-state index contributed by atoms with van der Waals surface area (Å²) in [5.74, 6) is 0. The number of rotatable bonds is 3. The molecule has 0 aliphatic carbocycles. The van der Waals surface area contributed by atoms with Crippen LogP contribution in [-0.4, -0.2) is 52.2 Å². The zero-order valence-electron chi connectivity index (χ0n) is 8.81. The quantitative estimate of drug-likeness (QED) is 0.247. The molecule has 12 nitrogen and oxygen atoms in total. The van der Waals surface area contributed by atoms with Gasteiger partial charge in [-0.1, -0.05) is 8.67 Å². The molecular weight excluding hydrogens is 300 g/mol. The van der Waals surface area contributed by atoms with Gasteiger partial charge in [0.15, 0.2) is 0 Å². The molecule has 0 aromatic carbocycles. The molecule has 0 spiro atoms. The van der Waals surface area contributed by atoms with Crippen molar-refractivity contribution in [1.82, 2.24) is 11.0 Å². The Balaban J connectivity index is 0.000000288. The highest BCUT2D eigenvalue weighted by atomic mass is 32.3. The van der Waals surface area contributed by atoms with Crippen LogP contribution in [0.1, 0.15) is 0 Å². The molecule has 0 unspecified atom stereocenters. The lowest BCUT2D eigenvalue weighted by atomic mass is 10.7. The SMILES string of the molecule is C1CON1.C1CON1.O=S(=O)(O)OOS(=O)(=O)O. The lowest BCUT2D eigenvalue weighted by molar-refractivity contribution is -0.105. The van der Waals surface area contributed by atoms with Crippen molar-refractivity contribution in [2.24, 2.45) is 0 Å². The second-order valence-corrected chi connectivity index (χ2v) is 4.46. The fourth-order valence-electron chi connectivity index (χ4n) is 0.274. The molecule has 2 fully saturated rings. The second kappa shape index (κ2) is 8.64. The van der Waals surface area contributed by atoms with Crippen LogP contribution in [0.15, 0.2) is 0 Å².